The lowest BCUT2D eigenvalue weighted by molar-refractivity contribution is 0.282. The Morgan fingerprint density at radius 3 is 2.65 bits per heavy atom. The van der Waals surface area contributed by atoms with E-state index < -0.39 is 0 Å². The van der Waals surface area contributed by atoms with E-state index in [1.54, 1.807) is 10.7 Å². The van der Waals surface area contributed by atoms with Gasteiger partial charge in [-0.3, -0.25) is 4.98 Å². The molecule has 4 aromatic rings. The Hall–Kier alpha value is -3.52. The predicted molar refractivity (Wildman–Crippen MR) is 122 cm³/mol. The molecule has 31 heavy (non-hydrogen) atoms. The molecule has 0 unspecified atom stereocenters. The van der Waals surface area contributed by atoms with Gasteiger partial charge in [0.2, 0.25) is 11.9 Å². The van der Waals surface area contributed by atoms with Crippen molar-refractivity contribution < 1.29 is 5.11 Å². The highest BCUT2D eigenvalue weighted by Crippen LogP contribution is 2.19. The van der Waals surface area contributed by atoms with Crippen molar-refractivity contribution in [3.05, 3.63) is 66.0 Å². The first-order valence-electron chi connectivity index (χ1n) is 10.5. The molecular formula is C23H27N7O. The molecule has 8 nitrogen and oxygen atoms in total. The molecule has 3 heterocycles. The molecule has 3 N–H and O–H groups in total. The molecule has 0 aliphatic rings. The van der Waals surface area contributed by atoms with Crippen molar-refractivity contribution in [3.8, 4) is 11.3 Å². The summed E-state index contributed by atoms with van der Waals surface area (Å²) in [6, 6.07) is 14.3. The number of pyridine rings is 1. The first-order chi connectivity index (χ1) is 15.2. The Labute approximate surface area is 181 Å². The molecule has 0 fully saturated rings. The Balaban J connectivity index is 1.55. The van der Waals surface area contributed by atoms with Crippen LogP contribution in [0.25, 0.3) is 16.9 Å². The highest BCUT2D eigenvalue weighted by Gasteiger charge is 2.13. The van der Waals surface area contributed by atoms with Crippen LogP contribution in [0.3, 0.4) is 0 Å². The summed E-state index contributed by atoms with van der Waals surface area (Å²) >= 11 is 0. The number of fused-ring (bicyclic) bond motifs is 1. The standard InChI is InChI=1S/C23H27N7O/c1-3-18-15-26-30-21(18)28-22(27-16(2)11-13-31)29-23(30)25-14-17-7-9-19(10-8-17)20-6-4-5-12-24-20/h4-10,12,15-16,31H,3,11,13-14H2,1-2H3,(H2,25,27,28,29)/t16-/m0/s1. The molecule has 0 amide bonds. The number of hydrogen-bond acceptors (Lipinski definition) is 7. The second-order valence-corrected chi connectivity index (χ2v) is 7.45. The van der Waals surface area contributed by atoms with Crippen LogP contribution < -0.4 is 10.6 Å². The molecule has 1 atom stereocenters. The molecule has 0 saturated carbocycles. The molecule has 3 aromatic heterocycles. The number of nitrogens with zero attached hydrogens (tertiary/aromatic N) is 5. The van der Waals surface area contributed by atoms with Crippen LogP contribution in [0.5, 0.6) is 0 Å². The SMILES string of the molecule is CCc1cnn2c(NCc3ccc(-c4ccccn4)cc3)nc(N[C@@H](C)CCO)nc12. The van der Waals surface area contributed by atoms with E-state index >= 15 is 0 Å². The smallest absolute Gasteiger partial charge is 0.229 e. The Bertz CT molecular complexity index is 1130. The maximum absolute atomic E-state index is 9.18. The normalized spacial score (nSPS) is 12.1. The van der Waals surface area contributed by atoms with E-state index in [1.165, 1.54) is 0 Å². The van der Waals surface area contributed by atoms with E-state index in [4.69, 9.17) is 0 Å². The number of rotatable bonds is 9. The van der Waals surface area contributed by atoms with Gasteiger partial charge in [-0.1, -0.05) is 37.3 Å². The zero-order chi connectivity index (χ0) is 21.6. The Morgan fingerprint density at radius 2 is 1.94 bits per heavy atom. The molecular weight excluding hydrogens is 390 g/mol. The summed E-state index contributed by atoms with van der Waals surface area (Å²) < 4.78 is 1.74. The lowest BCUT2D eigenvalue weighted by Gasteiger charge is -2.14. The molecule has 0 saturated heterocycles. The minimum atomic E-state index is 0.0624. The van der Waals surface area contributed by atoms with Gasteiger partial charge in [0.25, 0.3) is 0 Å². The van der Waals surface area contributed by atoms with Crippen LogP contribution in [0.1, 0.15) is 31.4 Å². The van der Waals surface area contributed by atoms with Crippen molar-refractivity contribution in [2.45, 2.75) is 39.3 Å². The third-order valence-corrected chi connectivity index (χ3v) is 5.12. The summed E-state index contributed by atoms with van der Waals surface area (Å²) in [5.74, 6) is 1.15. The quantitative estimate of drug-likeness (QED) is 0.383. The molecule has 0 radical (unpaired) electrons. The summed E-state index contributed by atoms with van der Waals surface area (Å²) in [5.41, 5.74) is 5.00. The number of aliphatic hydroxyl groups is 1. The molecule has 0 spiro atoms. The van der Waals surface area contributed by atoms with Crippen LogP contribution in [-0.2, 0) is 13.0 Å². The fraction of sp³-hybridized carbons (Fsp3) is 0.304. The molecule has 4 rings (SSSR count). The maximum Gasteiger partial charge on any atom is 0.229 e. The van der Waals surface area contributed by atoms with Crippen LogP contribution >= 0.6 is 0 Å². The van der Waals surface area contributed by atoms with Gasteiger partial charge < -0.3 is 15.7 Å². The number of nitrogens with one attached hydrogen (secondary N) is 2. The molecule has 0 aliphatic heterocycles. The number of hydrogen-bond donors (Lipinski definition) is 3. The van der Waals surface area contributed by atoms with Crippen molar-refractivity contribution in [2.75, 3.05) is 17.2 Å². The largest absolute Gasteiger partial charge is 0.396 e. The number of anilines is 2. The van der Waals surface area contributed by atoms with E-state index in [9.17, 15) is 5.11 Å². The summed E-state index contributed by atoms with van der Waals surface area (Å²) in [4.78, 5) is 13.7. The van der Waals surface area contributed by atoms with Crippen molar-refractivity contribution in [2.24, 2.45) is 0 Å². The van der Waals surface area contributed by atoms with Gasteiger partial charge in [0.05, 0.1) is 11.9 Å². The van der Waals surface area contributed by atoms with E-state index in [1.807, 2.05) is 31.3 Å². The molecule has 160 valence electrons. The number of aliphatic hydroxyl groups excluding tert-OH is 1. The molecule has 1 aromatic carbocycles. The predicted octanol–water partition coefficient (Wildman–Crippen LogP) is 3.54. The minimum absolute atomic E-state index is 0.0624. The molecule has 0 bridgehead atoms. The second-order valence-electron chi connectivity index (χ2n) is 7.45. The Morgan fingerprint density at radius 1 is 1.10 bits per heavy atom. The van der Waals surface area contributed by atoms with E-state index in [0.29, 0.717) is 24.9 Å². The van der Waals surface area contributed by atoms with E-state index in [0.717, 1.165) is 34.5 Å². The fourth-order valence-corrected chi connectivity index (χ4v) is 3.35. The van der Waals surface area contributed by atoms with Crippen LogP contribution in [0, 0.1) is 0 Å². The lowest BCUT2D eigenvalue weighted by Crippen LogP contribution is -2.20. The van der Waals surface area contributed by atoms with Crippen LogP contribution in [0.15, 0.2) is 54.9 Å². The third kappa shape index (κ3) is 4.80. The van der Waals surface area contributed by atoms with Crippen molar-refractivity contribution >= 4 is 17.5 Å². The third-order valence-electron chi connectivity index (χ3n) is 5.12. The first-order valence-corrected chi connectivity index (χ1v) is 10.5. The minimum Gasteiger partial charge on any atom is -0.396 e. The monoisotopic (exact) mass is 417 g/mol. The van der Waals surface area contributed by atoms with Crippen molar-refractivity contribution in [1.29, 1.82) is 0 Å². The summed E-state index contributed by atoms with van der Waals surface area (Å²) in [5, 5.41) is 20.3. The van der Waals surface area contributed by atoms with Gasteiger partial charge in [-0.25, -0.2) is 0 Å². The van der Waals surface area contributed by atoms with Crippen LogP contribution in [-0.4, -0.2) is 42.3 Å². The van der Waals surface area contributed by atoms with Crippen LogP contribution in [0.2, 0.25) is 0 Å². The average Bonchev–Trinajstić information content (AvgIpc) is 3.22. The zero-order valence-electron chi connectivity index (χ0n) is 17.8. The highest BCUT2D eigenvalue weighted by molar-refractivity contribution is 5.59. The van der Waals surface area contributed by atoms with E-state index in [2.05, 4.69) is 61.9 Å². The van der Waals surface area contributed by atoms with Gasteiger partial charge in [0.15, 0.2) is 5.65 Å². The maximum atomic E-state index is 9.18. The number of aromatic nitrogens is 5. The van der Waals surface area contributed by atoms with Gasteiger partial charge in [-0.2, -0.15) is 19.6 Å². The Kier molecular flexibility index (Phi) is 6.37. The van der Waals surface area contributed by atoms with Crippen LogP contribution in [0.4, 0.5) is 11.9 Å². The number of aryl methyl sites for hydroxylation is 1. The highest BCUT2D eigenvalue weighted by atomic mass is 16.3. The molecule has 0 aliphatic carbocycles. The van der Waals surface area contributed by atoms with Crippen molar-refractivity contribution in [3.63, 3.8) is 0 Å². The lowest BCUT2D eigenvalue weighted by atomic mass is 10.1. The fourth-order valence-electron chi connectivity index (χ4n) is 3.35. The van der Waals surface area contributed by atoms with E-state index in [-0.39, 0.29) is 12.6 Å². The first kappa shape index (κ1) is 20.7. The van der Waals surface area contributed by atoms with Crippen molar-refractivity contribution in [1.82, 2.24) is 24.6 Å². The summed E-state index contributed by atoms with van der Waals surface area (Å²) in [6.07, 6.45) is 5.09. The zero-order valence-corrected chi connectivity index (χ0v) is 17.8. The van der Waals surface area contributed by atoms with Gasteiger partial charge in [-0.05, 0) is 37.5 Å². The van der Waals surface area contributed by atoms with Gasteiger partial charge >= 0.3 is 0 Å². The summed E-state index contributed by atoms with van der Waals surface area (Å²) in [6.45, 7) is 4.79. The summed E-state index contributed by atoms with van der Waals surface area (Å²) in [7, 11) is 0. The average molecular weight is 418 g/mol. The number of benzene rings is 1. The van der Waals surface area contributed by atoms with Gasteiger partial charge in [-0.15, -0.1) is 0 Å². The second kappa shape index (κ2) is 9.53. The molecule has 8 heteroatoms. The van der Waals surface area contributed by atoms with Gasteiger partial charge in [0, 0.05) is 36.5 Å². The van der Waals surface area contributed by atoms with Gasteiger partial charge in [0.1, 0.15) is 0 Å². The topological polar surface area (TPSA) is 100 Å².